The van der Waals surface area contributed by atoms with E-state index < -0.39 is 0 Å². The number of likely N-dealkylation sites (tertiary alicyclic amines) is 1. The standard InChI is InChI=1S/C16H24ClN5/c1-12-8-18-22(9-12)10-14-6-4-5-7-21(14)11-15-13(2)19-20(3)16(15)17/h8-9,14H,4-7,10-11H2,1-3H3. The molecule has 0 saturated carbocycles. The number of hydrogen-bond acceptors (Lipinski definition) is 3. The van der Waals surface area contributed by atoms with Crippen LogP contribution in [0.3, 0.4) is 0 Å². The lowest BCUT2D eigenvalue weighted by atomic mass is 10.0. The van der Waals surface area contributed by atoms with Gasteiger partial charge in [0.05, 0.1) is 18.4 Å². The van der Waals surface area contributed by atoms with Gasteiger partial charge >= 0.3 is 0 Å². The van der Waals surface area contributed by atoms with Crippen LogP contribution in [0.1, 0.15) is 36.1 Å². The van der Waals surface area contributed by atoms with Crippen LogP contribution < -0.4 is 0 Å². The molecular formula is C16H24ClN5. The zero-order valence-corrected chi connectivity index (χ0v) is 14.3. The molecule has 0 spiro atoms. The second-order valence-electron chi connectivity index (χ2n) is 6.34. The van der Waals surface area contributed by atoms with Gasteiger partial charge in [0, 0.05) is 31.4 Å². The molecule has 1 unspecified atom stereocenters. The highest BCUT2D eigenvalue weighted by atomic mass is 35.5. The van der Waals surface area contributed by atoms with Gasteiger partial charge in [-0.15, -0.1) is 0 Å². The van der Waals surface area contributed by atoms with E-state index in [4.69, 9.17) is 11.6 Å². The summed E-state index contributed by atoms with van der Waals surface area (Å²) in [6, 6.07) is 0.517. The maximum Gasteiger partial charge on any atom is 0.131 e. The highest BCUT2D eigenvalue weighted by molar-refractivity contribution is 6.30. The summed E-state index contributed by atoms with van der Waals surface area (Å²) in [4.78, 5) is 2.54. The Balaban J connectivity index is 1.74. The molecule has 2 aromatic rings. The Morgan fingerprint density at radius 3 is 2.77 bits per heavy atom. The van der Waals surface area contributed by atoms with E-state index in [-0.39, 0.29) is 0 Å². The Hall–Kier alpha value is -1.33. The summed E-state index contributed by atoms with van der Waals surface area (Å²) in [7, 11) is 1.90. The summed E-state index contributed by atoms with van der Waals surface area (Å²) in [5, 5.41) is 9.63. The summed E-state index contributed by atoms with van der Waals surface area (Å²) >= 11 is 6.40. The highest BCUT2D eigenvalue weighted by Gasteiger charge is 2.25. The summed E-state index contributed by atoms with van der Waals surface area (Å²) < 4.78 is 3.83. The lowest BCUT2D eigenvalue weighted by Gasteiger charge is -2.35. The van der Waals surface area contributed by atoms with Crippen molar-refractivity contribution < 1.29 is 0 Å². The van der Waals surface area contributed by atoms with Crippen molar-refractivity contribution in [1.82, 2.24) is 24.5 Å². The second kappa shape index (κ2) is 6.42. The Kier molecular flexibility index (Phi) is 4.54. The van der Waals surface area contributed by atoms with Crippen molar-refractivity contribution in [2.45, 2.75) is 52.2 Å². The average Bonchev–Trinajstić information content (AvgIpc) is 2.99. The lowest BCUT2D eigenvalue weighted by molar-refractivity contribution is 0.121. The maximum atomic E-state index is 6.40. The van der Waals surface area contributed by atoms with Crippen LogP contribution in [-0.2, 0) is 20.1 Å². The zero-order chi connectivity index (χ0) is 15.7. The molecule has 0 aromatic carbocycles. The number of aryl methyl sites for hydroxylation is 3. The fraction of sp³-hybridized carbons (Fsp3) is 0.625. The van der Waals surface area contributed by atoms with Gasteiger partial charge in [-0.3, -0.25) is 14.3 Å². The first-order valence-corrected chi connectivity index (χ1v) is 8.33. The molecule has 2 aromatic heterocycles. The first-order valence-electron chi connectivity index (χ1n) is 7.95. The molecule has 1 aliphatic rings. The third-order valence-corrected chi connectivity index (χ3v) is 5.01. The Morgan fingerprint density at radius 1 is 1.32 bits per heavy atom. The number of aromatic nitrogens is 4. The molecule has 0 N–H and O–H groups in total. The predicted molar refractivity (Wildman–Crippen MR) is 88.0 cm³/mol. The topological polar surface area (TPSA) is 38.9 Å². The van der Waals surface area contributed by atoms with Crippen molar-refractivity contribution in [3.63, 3.8) is 0 Å². The average molecular weight is 322 g/mol. The molecule has 0 amide bonds. The molecule has 3 heterocycles. The van der Waals surface area contributed by atoms with Gasteiger partial charge in [0.25, 0.3) is 0 Å². The minimum absolute atomic E-state index is 0.517. The van der Waals surface area contributed by atoms with Crippen molar-refractivity contribution in [1.29, 1.82) is 0 Å². The van der Waals surface area contributed by atoms with E-state index in [0.717, 1.165) is 36.0 Å². The van der Waals surface area contributed by atoms with Crippen LogP contribution in [0.4, 0.5) is 0 Å². The molecular weight excluding hydrogens is 298 g/mol. The molecule has 1 atom stereocenters. The van der Waals surface area contributed by atoms with Gasteiger partial charge in [-0.05, 0) is 38.8 Å². The largest absolute Gasteiger partial charge is 0.294 e. The first kappa shape index (κ1) is 15.6. The van der Waals surface area contributed by atoms with Crippen LogP contribution >= 0.6 is 11.6 Å². The van der Waals surface area contributed by atoms with E-state index >= 15 is 0 Å². The Morgan fingerprint density at radius 2 is 2.14 bits per heavy atom. The van der Waals surface area contributed by atoms with E-state index in [9.17, 15) is 0 Å². The maximum absolute atomic E-state index is 6.40. The summed E-state index contributed by atoms with van der Waals surface area (Å²) in [5.41, 5.74) is 3.41. The molecule has 3 rings (SSSR count). The number of hydrogen-bond donors (Lipinski definition) is 0. The van der Waals surface area contributed by atoms with Crippen molar-refractivity contribution >= 4 is 11.6 Å². The quantitative estimate of drug-likeness (QED) is 0.869. The van der Waals surface area contributed by atoms with Gasteiger partial charge in [-0.1, -0.05) is 18.0 Å². The van der Waals surface area contributed by atoms with Crippen molar-refractivity contribution in [2.24, 2.45) is 7.05 Å². The van der Waals surface area contributed by atoms with Crippen LogP contribution in [0.5, 0.6) is 0 Å². The predicted octanol–water partition coefficient (Wildman–Crippen LogP) is 2.94. The van der Waals surface area contributed by atoms with Crippen LogP contribution in [-0.4, -0.2) is 37.0 Å². The summed E-state index contributed by atoms with van der Waals surface area (Å²) in [6.45, 7) is 7.07. The van der Waals surface area contributed by atoms with Gasteiger partial charge in [-0.25, -0.2) is 0 Å². The second-order valence-corrected chi connectivity index (χ2v) is 6.70. The molecule has 1 aliphatic heterocycles. The molecule has 0 aliphatic carbocycles. The fourth-order valence-electron chi connectivity index (χ4n) is 3.31. The van der Waals surface area contributed by atoms with Gasteiger partial charge in [0.2, 0.25) is 0 Å². The van der Waals surface area contributed by atoms with Crippen LogP contribution in [0.15, 0.2) is 12.4 Å². The number of piperidine rings is 1. The van der Waals surface area contributed by atoms with E-state index in [1.165, 1.54) is 24.8 Å². The minimum atomic E-state index is 0.517. The van der Waals surface area contributed by atoms with Crippen molar-refractivity contribution in [3.8, 4) is 0 Å². The molecule has 1 saturated heterocycles. The van der Waals surface area contributed by atoms with Gasteiger partial charge in [0.15, 0.2) is 0 Å². The van der Waals surface area contributed by atoms with Crippen molar-refractivity contribution in [2.75, 3.05) is 6.54 Å². The third kappa shape index (κ3) is 3.20. The minimum Gasteiger partial charge on any atom is -0.294 e. The Labute approximate surface area is 136 Å². The number of nitrogens with zero attached hydrogens (tertiary/aromatic N) is 5. The lowest BCUT2D eigenvalue weighted by Crippen LogP contribution is -2.41. The third-order valence-electron chi connectivity index (χ3n) is 4.54. The Bertz CT molecular complexity index is 645. The van der Waals surface area contributed by atoms with Crippen LogP contribution in [0, 0.1) is 13.8 Å². The molecule has 120 valence electrons. The first-order chi connectivity index (χ1) is 10.5. The van der Waals surface area contributed by atoms with Crippen molar-refractivity contribution in [3.05, 3.63) is 34.4 Å². The monoisotopic (exact) mass is 321 g/mol. The molecule has 5 nitrogen and oxygen atoms in total. The molecule has 22 heavy (non-hydrogen) atoms. The number of halogens is 1. The molecule has 1 fully saturated rings. The molecule has 6 heteroatoms. The van der Waals surface area contributed by atoms with Crippen LogP contribution in [0.2, 0.25) is 5.15 Å². The smallest absolute Gasteiger partial charge is 0.131 e. The van der Waals surface area contributed by atoms with E-state index in [2.05, 4.69) is 32.9 Å². The molecule has 0 radical (unpaired) electrons. The molecule has 0 bridgehead atoms. The van der Waals surface area contributed by atoms with Gasteiger partial charge in [0.1, 0.15) is 5.15 Å². The van der Waals surface area contributed by atoms with Crippen LogP contribution in [0.25, 0.3) is 0 Å². The SMILES string of the molecule is Cc1cnn(CC2CCCCN2Cc2c(C)nn(C)c2Cl)c1. The zero-order valence-electron chi connectivity index (χ0n) is 13.6. The normalized spacial score (nSPS) is 19.7. The van der Waals surface area contributed by atoms with Gasteiger partial charge in [-0.2, -0.15) is 10.2 Å². The summed E-state index contributed by atoms with van der Waals surface area (Å²) in [5.74, 6) is 0. The summed E-state index contributed by atoms with van der Waals surface area (Å²) in [6.07, 6.45) is 7.81. The van der Waals surface area contributed by atoms with E-state index in [1.807, 2.05) is 20.2 Å². The van der Waals surface area contributed by atoms with Gasteiger partial charge < -0.3 is 0 Å². The van der Waals surface area contributed by atoms with E-state index in [1.54, 1.807) is 4.68 Å². The number of rotatable bonds is 4. The highest BCUT2D eigenvalue weighted by Crippen LogP contribution is 2.25. The fourth-order valence-corrected chi connectivity index (χ4v) is 3.55. The van der Waals surface area contributed by atoms with E-state index in [0.29, 0.717) is 6.04 Å².